The zero-order valence-corrected chi connectivity index (χ0v) is 12.9. The monoisotopic (exact) mass is 302 g/mol. The number of ether oxygens (including phenoxy) is 2. The summed E-state index contributed by atoms with van der Waals surface area (Å²) in [5.41, 5.74) is 5.03. The minimum atomic E-state index is -0.740. The van der Waals surface area contributed by atoms with Crippen molar-refractivity contribution in [3.63, 3.8) is 0 Å². The Morgan fingerprint density at radius 3 is 2.19 bits per heavy atom. The lowest BCUT2D eigenvalue weighted by Gasteiger charge is -2.15. The number of amides is 2. The van der Waals surface area contributed by atoms with Gasteiger partial charge >= 0.3 is 18.0 Å². The van der Waals surface area contributed by atoms with E-state index in [2.05, 4.69) is 5.32 Å². The van der Waals surface area contributed by atoms with Crippen LogP contribution in [0.5, 0.6) is 0 Å². The first-order chi connectivity index (χ1) is 10.0. The van der Waals surface area contributed by atoms with Gasteiger partial charge < -0.3 is 20.5 Å². The van der Waals surface area contributed by atoms with Crippen LogP contribution in [-0.4, -0.2) is 37.2 Å². The van der Waals surface area contributed by atoms with Gasteiger partial charge in [0.05, 0.1) is 13.2 Å². The Bertz CT molecular complexity index is 333. The number of hydrogen-bond acceptors (Lipinski definition) is 5. The first-order valence-electron chi connectivity index (χ1n) is 7.39. The molecule has 7 nitrogen and oxygen atoms in total. The second kappa shape index (κ2) is 12.0. The molecule has 0 spiro atoms. The van der Waals surface area contributed by atoms with Gasteiger partial charge in [0.2, 0.25) is 0 Å². The summed E-state index contributed by atoms with van der Waals surface area (Å²) in [6.45, 7) is 4.14. The fourth-order valence-electron chi connectivity index (χ4n) is 1.87. The molecule has 0 aromatic rings. The fraction of sp³-hybridized carbons (Fsp3) is 0.786. The van der Waals surface area contributed by atoms with Gasteiger partial charge in [0, 0.05) is 6.42 Å². The van der Waals surface area contributed by atoms with E-state index in [0.29, 0.717) is 19.4 Å². The first-order valence-corrected chi connectivity index (χ1v) is 7.39. The number of nitrogens with two attached hydrogens (primary N) is 1. The van der Waals surface area contributed by atoms with Gasteiger partial charge in [0.25, 0.3) is 0 Å². The summed E-state index contributed by atoms with van der Waals surface area (Å²) in [6, 6.07) is -1.44. The molecule has 1 unspecified atom stereocenters. The van der Waals surface area contributed by atoms with Crippen LogP contribution in [0.4, 0.5) is 4.79 Å². The van der Waals surface area contributed by atoms with E-state index in [9.17, 15) is 14.4 Å². The maximum atomic E-state index is 11.6. The van der Waals surface area contributed by atoms with Gasteiger partial charge in [-0.15, -0.1) is 0 Å². The summed E-state index contributed by atoms with van der Waals surface area (Å²) in [5.74, 6) is -0.653. The molecule has 2 amide bonds. The third-order valence-electron chi connectivity index (χ3n) is 2.82. The average Bonchev–Trinajstić information content (AvgIpc) is 2.41. The number of primary amides is 1. The molecular formula is C14H26N2O5. The molecule has 0 rings (SSSR count). The zero-order valence-electron chi connectivity index (χ0n) is 12.9. The molecule has 3 N–H and O–H groups in total. The van der Waals surface area contributed by atoms with Crippen LogP contribution in [0.1, 0.15) is 52.4 Å². The molecular weight excluding hydrogens is 276 g/mol. The van der Waals surface area contributed by atoms with E-state index in [0.717, 1.165) is 25.7 Å². The topological polar surface area (TPSA) is 108 Å². The van der Waals surface area contributed by atoms with E-state index in [-0.39, 0.29) is 12.6 Å². The van der Waals surface area contributed by atoms with Gasteiger partial charge in [-0.1, -0.05) is 19.3 Å². The van der Waals surface area contributed by atoms with E-state index in [1.165, 1.54) is 0 Å². The Morgan fingerprint density at radius 2 is 1.62 bits per heavy atom. The minimum absolute atomic E-state index is 0.183. The maximum Gasteiger partial charge on any atom is 0.328 e. The van der Waals surface area contributed by atoms with Gasteiger partial charge in [0.15, 0.2) is 0 Å². The van der Waals surface area contributed by atoms with E-state index < -0.39 is 18.0 Å². The Hall–Kier alpha value is -1.79. The lowest BCUT2D eigenvalue weighted by molar-refractivity contribution is -0.145. The van der Waals surface area contributed by atoms with Crippen molar-refractivity contribution in [3.05, 3.63) is 0 Å². The van der Waals surface area contributed by atoms with Crippen LogP contribution >= 0.6 is 0 Å². The average molecular weight is 302 g/mol. The maximum absolute atomic E-state index is 11.6. The van der Waals surface area contributed by atoms with Crippen LogP contribution in [0.3, 0.4) is 0 Å². The Balaban J connectivity index is 3.84. The second-order valence-corrected chi connectivity index (χ2v) is 4.57. The van der Waals surface area contributed by atoms with Crippen molar-refractivity contribution < 1.29 is 23.9 Å². The number of urea groups is 1. The van der Waals surface area contributed by atoms with Gasteiger partial charge in [0.1, 0.15) is 6.04 Å². The molecule has 21 heavy (non-hydrogen) atoms. The van der Waals surface area contributed by atoms with Gasteiger partial charge in [-0.2, -0.15) is 0 Å². The normalized spacial score (nSPS) is 11.5. The lowest BCUT2D eigenvalue weighted by atomic mass is 10.1. The molecule has 0 aliphatic rings. The van der Waals surface area contributed by atoms with Crippen molar-refractivity contribution in [1.29, 1.82) is 0 Å². The Labute approximate surface area is 125 Å². The summed E-state index contributed by atoms with van der Waals surface area (Å²) in [7, 11) is 0. The summed E-state index contributed by atoms with van der Waals surface area (Å²) >= 11 is 0. The molecule has 0 aromatic heterocycles. The summed E-state index contributed by atoms with van der Waals surface area (Å²) in [4.78, 5) is 33.6. The van der Waals surface area contributed by atoms with Crippen molar-refractivity contribution in [2.75, 3.05) is 13.2 Å². The summed E-state index contributed by atoms with van der Waals surface area (Å²) in [6.07, 6.45) is 4.11. The Morgan fingerprint density at radius 1 is 1.00 bits per heavy atom. The van der Waals surface area contributed by atoms with Gasteiger partial charge in [-0.3, -0.25) is 4.79 Å². The fourth-order valence-corrected chi connectivity index (χ4v) is 1.87. The van der Waals surface area contributed by atoms with Crippen molar-refractivity contribution in [1.82, 2.24) is 5.32 Å². The molecule has 1 atom stereocenters. The second-order valence-electron chi connectivity index (χ2n) is 4.57. The number of nitrogens with one attached hydrogen (secondary N) is 1. The highest BCUT2D eigenvalue weighted by Crippen LogP contribution is 2.09. The van der Waals surface area contributed by atoms with E-state index >= 15 is 0 Å². The molecule has 122 valence electrons. The summed E-state index contributed by atoms with van der Waals surface area (Å²) in [5, 5.41) is 2.38. The van der Waals surface area contributed by atoms with E-state index in [1.54, 1.807) is 13.8 Å². The zero-order chi connectivity index (χ0) is 16.1. The lowest BCUT2D eigenvalue weighted by Crippen LogP contribution is -2.44. The third kappa shape index (κ3) is 10.6. The number of unbranched alkanes of at least 4 members (excludes halogenated alkanes) is 3. The number of carbonyl (C=O) groups is 3. The van der Waals surface area contributed by atoms with Gasteiger partial charge in [-0.05, 0) is 26.7 Å². The SMILES string of the molecule is CCOC(=O)CCCCCCC(NC(N)=O)C(=O)OCC. The summed E-state index contributed by atoms with van der Waals surface area (Å²) < 4.78 is 9.70. The predicted octanol–water partition coefficient (Wildman–Crippen LogP) is 1.49. The molecule has 0 saturated heterocycles. The molecule has 0 heterocycles. The third-order valence-corrected chi connectivity index (χ3v) is 2.82. The quantitative estimate of drug-likeness (QED) is 0.444. The highest BCUT2D eigenvalue weighted by atomic mass is 16.5. The molecule has 0 aromatic carbocycles. The highest BCUT2D eigenvalue weighted by molar-refractivity contribution is 5.82. The minimum Gasteiger partial charge on any atom is -0.466 e. The van der Waals surface area contributed by atoms with Crippen molar-refractivity contribution in [2.45, 2.75) is 58.4 Å². The van der Waals surface area contributed by atoms with Crippen LogP contribution in [0, 0.1) is 0 Å². The number of hydrogen-bond donors (Lipinski definition) is 2. The van der Waals surface area contributed by atoms with Crippen LogP contribution in [-0.2, 0) is 19.1 Å². The standard InChI is InChI=1S/C14H26N2O5/c1-3-20-12(17)10-8-6-5-7-9-11(16-14(15)19)13(18)21-4-2/h11H,3-10H2,1-2H3,(H3,15,16,19). The van der Waals surface area contributed by atoms with Crippen molar-refractivity contribution >= 4 is 18.0 Å². The van der Waals surface area contributed by atoms with Crippen molar-refractivity contribution in [2.24, 2.45) is 5.73 Å². The molecule has 7 heteroatoms. The molecule has 0 radical (unpaired) electrons. The number of esters is 2. The molecule has 0 bridgehead atoms. The highest BCUT2D eigenvalue weighted by Gasteiger charge is 2.20. The molecule has 0 aliphatic heterocycles. The largest absolute Gasteiger partial charge is 0.466 e. The molecule has 0 saturated carbocycles. The van der Waals surface area contributed by atoms with Crippen LogP contribution in [0.2, 0.25) is 0 Å². The van der Waals surface area contributed by atoms with Gasteiger partial charge in [-0.25, -0.2) is 9.59 Å². The van der Waals surface area contributed by atoms with Crippen LogP contribution < -0.4 is 11.1 Å². The number of rotatable bonds is 11. The van der Waals surface area contributed by atoms with Crippen LogP contribution in [0.25, 0.3) is 0 Å². The predicted molar refractivity (Wildman–Crippen MR) is 77.5 cm³/mol. The smallest absolute Gasteiger partial charge is 0.328 e. The number of carbonyl (C=O) groups excluding carboxylic acids is 3. The first kappa shape index (κ1) is 19.2. The Kier molecular flexibility index (Phi) is 11.0. The molecule has 0 aliphatic carbocycles. The van der Waals surface area contributed by atoms with E-state index in [4.69, 9.17) is 15.2 Å². The molecule has 0 fully saturated rings. The van der Waals surface area contributed by atoms with E-state index in [1.807, 2.05) is 0 Å². The van der Waals surface area contributed by atoms with Crippen LogP contribution in [0.15, 0.2) is 0 Å². The van der Waals surface area contributed by atoms with Crippen molar-refractivity contribution in [3.8, 4) is 0 Å².